The molecule has 0 saturated carbocycles. The molecular weight excluding hydrogens is 365 g/mol. The van der Waals surface area contributed by atoms with Crippen molar-refractivity contribution >= 4 is 52.3 Å². The second kappa shape index (κ2) is 7.06. The average Bonchev–Trinajstić information content (AvgIpc) is 3.16. The van der Waals surface area contributed by atoms with Crippen LogP contribution in [-0.2, 0) is 6.42 Å². The molecule has 3 nitrogen and oxygen atoms in total. The largest absolute Gasteiger partial charge is 0.368 e. The molecule has 0 bridgehead atoms. The van der Waals surface area contributed by atoms with E-state index in [2.05, 4.69) is 27.4 Å². The zero-order chi connectivity index (χ0) is 15.8. The lowest BCUT2D eigenvalue weighted by molar-refractivity contribution is 0.959. The molecule has 1 aliphatic heterocycles. The maximum atomic E-state index is 6.20. The molecule has 0 amide bonds. The van der Waals surface area contributed by atoms with Crippen LogP contribution in [0.3, 0.4) is 0 Å². The van der Waals surface area contributed by atoms with E-state index in [1.807, 2.05) is 30.3 Å². The highest BCUT2D eigenvalue weighted by Gasteiger charge is 2.19. The topological polar surface area (TPSA) is 40.2 Å². The van der Waals surface area contributed by atoms with Gasteiger partial charge in [0.05, 0.1) is 6.54 Å². The van der Waals surface area contributed by atoms with E-state index in [0.717, 1.165) is 57.6 Å². The number of benzene rings is 2. The molecule has 6 heteroatoms. The molecule has 0 atom stereocenters. The smallest absolute Gasteiger partial charge is 0.130 e. The number of rotatable bonds is 3. The van der Waals surface area contributed by atoms with E-state index >= 15 is 0 Å². The van der Waals surface area contributed by atoms with E-state index in [1.54, 1.807) is 0 Å². The van der Waals surface area contributed by atoms with E-state index < -0.39 is 0 Å². The molecule has 124 valence electrons. The number of nitrogens with zero attached hydrogens (tertiary/aromatic N) is 1. The van der Waals surface area contributed by atoms with E-state index in [1.165, 1.54) is 5.56 Å². The molecule has 0 spiro atoms. The van der Waals surface area contributed by atoms with Crippen molar-refractivity contribution in [2.75, 3.05) is 13.1 Å². The lowest BCUT2D eigenvalue weighted by Crippen LogP contribution is -2.20. The van der Waals surface area contributed by atoms with E-state index in [0.29, 0.717) is 0 Å². The second-order valence-corrected chi connectivity index (χ2v) is 6.50. The summed E-state index contributed by atoms with van der Waals surface area (Å²) in [5, 5.41) is 5.96. The first kappa shape index (κ1) is 17.2. The van der Waals surface area contributed by atoms with Crippen molar-refractivity contribution in [3.8, 4) is 0 Å². The Morgan fingerprint density at radius 1 is 1.00 bits per heavy atom. The summed E-state index contributed by atoms with van der Waals surface area (Å²) in [7, 11) is 0. The van der Waals surface area contributed by atoms with Gasteiger partial charge >= 0.3 is 0 Å². The highest BCUT2D eigenvalue weighted by Crippen LogP contribution is 2.28. The Bertz CT molecular complexity index is 898. The summed E-state index contributed by atoms with van der Waals surface area (Å²) in [4.78, 5) is 8.11. The molecule has 0 unspecified atom stereocenters. The number of fused-ring (bicyclic) bond motifs is 1. The molecule has 3 aromatic rings. The Kier molecular flexibility index (Phi) is 5.04. The Morgan fingerprint density at radius 2 is 1.75 bits per heavy atom. The number of hydrogen-bond donors (Lipinski definition) is 2. The van der Waals surface area contributed by atoms with Crippen molar-refractivity contribution < 1.29 is 0 Å². The van der Waals surface area contributed by atoms with Crippen LogP contribution < -0.4 is 5.32 Å². The van der Waals surface area contributed by atoms with Crippen LogP contribution in [0.5, 0.6) is 0 Å². The van der Waals surface area contributed by atoms with Gasteiger partial charge in [-0.15, -0.1) is 12.4 Å². The van der Waals surface area contributed by atoms with Crippen molar-refractivity contribution in [2.24, 2.45) is 4.99 Å². The van der Waals surface area contributed by atoms with Crippen molar-refractivity contribution in [1.29, 1.82) is 0 Å². The summed E-state index contributed by atoms with van der Waals surface area (Å²) >= 11 is 12.2. The van der Waals surface area contributed by atoms with Crippen LogP contribution in [0.1, 0.15) is 16.8 Å². The number of aromatic amines is 1. The third-order valence-corrected chi connectivity index (χ3v) is 4.53. The molecule has 1 aliphatic rings. The van der Waals surface area contributed by atoms with Gasteiger partial charge in [-0.1, -0.05) is 35.3 Å². The molecule has 0 fully saturated rings. The minimum Gasteiger partial charge on any atom is -0.368 e. The standard InChI is InChI=1S/C18H15Cl2N3.ClH/c19-12-3-1-11(2-4-12)9-16-17(18-21-7-8-22-18)14-10-13(20)5-6-15(14)23-16;/h1-6,10,23H,7-9H2,(H,21,22);1H. The Balaban J connectivity index is 0.00000169. The first-order valence-corrected chi connectivity index (χ1v) is 8.29. The molecule has 2 heterocycles. The average molecular weight is 381 g/mol. The SMILES string of the molecule is Cl.Clc1ccc(Cc2[nH]c3ccc(Cl)cc3c2C2=NCCN2)cc1. The van der Waals surface area contributed by atoms with Crippen molar-refractivity contribution in [2.45, 2.75) is 6.42 Å². The van der Waals surface area contributed by atoms with Gasteiger partial charge in [0.1, 0.15) is 5.84 Å². The van der Waals surface area contributed by atoms with Crippen molar-refractivity contribution in [1.82, 2.24) is 10.3 Å². The molecule has 4 rings (SSSR count). The van der Waals surface area contributed by atoms with Crippen LogP contribution in [0.2, 0.25) is 10.0 Å². The summed E-state index contributed by atoms with van der Waals surface area (Å²) in [5.41, 5.74) is 4.53. The fraction of sp³-hybridized carbons (Fsp3) is 0.167. The van der Waals surface area contributed by atoms with Gasteiger partial charge < -0.3 is 10.3 Å². The van der Waals surface area contributed by atoms with Gasteiger partial charge in [-0.25, -0.2) is 0 Å². The van der Waals surface area contributed by atoms with E-state index in [4.69, 9.17) is 23.2 Å². The van der Waals surface area contributed by atoms with Crippen LogP contribution in [0.4, 0.5) is 0 Å². The second-order valence-electron chi connectivity index (χ2n) is 5.63. The van der Waals surface area contributed by atoms with Gasteiger partial charge in [0.15, 0.2) is 0 Å². The molecule has 0 aliphatic carbocycles. The Morgan fingerprint density at radius 3 is 2.46 bits per heavy atom. The number of hydrogen-bond acceptors (Lipinski definition) is 2. The molecule has 24 heavy (non-hydrogen) atoms. The number of amidine groups is 1. The minimum atomic E-state index is 0. The molecular formula is C18H16Cl3N3. The predicted molar refractivity (Wildman–Crippen MR) is 104 cm³/mol. The summed E-state index contributed by atoms with van der Waals surface area (Å²) in [6.45, 7) is 1.69. The number of aliphatic imine (C=N–C) groups is 1. The zero-order valence-electron chi connectivity index (χ0n) is 12.8. The third-order valence-electron chi connectivity index (χ3n) is 4.04. The van der Waals surface area contributed by atoms with Crippen LogP contribution >= 0.6 is 35.6 Å². The molecule has 0 radical (unpaired) electrons. The number of nitrogens with one attached hydrogen (secondary N) is 2. The zero-order valence-corrected chi connectivity index (χ0v) is 15.1. The monoisotopic (exact) mass is 379 g/mol. The van der Waals surface area contributed by atoms with Crippen LogP contribution in [0, 0.1) is 0 Å². The van der Waals surface area contributed by atoms with Gasteiger partial charge in [0.25, 0.3) is 0 Å². The number of halogens is 3. The first-order chi connectivity index (χ1) is 11.2. The van der Waals surface area contributed by atoms with Crippen LogP contribution in [0.25, 0.3) is 10.9 Å². The minimum absolute atomic E-state index is 0. The van der Waals surface area contributed by atoms with Gasteiger partial charge in [0.2, 0.25) is 0 Å². The molecule has 1 aromatic heterocycles. The highest BCUT2D eigenvalue weighted by molar-refractivity contribution is 6.31. The normalized spacial score (nSPS) is 13.5. The maximum Gasteiger partial charge on any atom is 0.130 e. The summed E-state index contributed by atoms with van der Waals surface area (Å²) in [6, 6.07) is 13.9. The van der Waals surface area contributed by atoms with Gasteiger partial charge in [0, 0.05) is 45.2 Å². The van der Waals surface area contributed by atoms with Crippen LogP contribution in [-0.4, -0.2) is 23.9 Å². The first-order valence-electron chi connectivity index (χ1n) is 7.54. The summed E-state index contributed by atoms with van der Waals surface area (Å²) in [6.07, 6.45) is 0.791. The van der Waals surface area contributed by atoms with Gasteiger partial charge in [-0.2, -0.15) is 0 Å². The maximum absolute atomic E-state index is 6.20. The fourth-order valence-corrected chi connectivity index (χ4v) is 3.29. The fourth-order valence-electron chi connectivity index (χ4n) is 2.99. The van der Waals surface area contributed by atoms with Crippen LogP contribution in [0.15, 0.2) is 47.5 Å². The number of aromatic nitrogens is 1. The Labute approximate surface area is 156 Å². The quantitative estimate of drug-likeness (QED) is 0.671. The lowest BCUT2D eigenvalue weighted by atomic mass is 10.0. The van der Waals surface area contributed by atoms with Gasteiger partial charge in [-0.05, 0) is 35.9 Å². The molecule has 2 N–H and O–H groups in total. The molecule has 0 saturated heterocycles. The number of H-pyrrole nitrogens is 1. The predicted octanol–water partition coefficient (Wildman–Crippen LogP) is 4.84. The summed E-state index contributed by atoms with van der Waals surface area (Å²) in [5.74, 6) is 0.947. The van der Waals surface area contributed by atoms with Crippen molar-refractivity contribution in [3.05, 3.63) is 69.3 Å². The van der Waals surface area contributed by atoms with Crippen molar-refractivity contribution in [3.63, 3.8) is 0 Å². The lowest BCUT2D eigenvalue weighted by Gasteiger charge is -2.06. The highest BCUT2D eigenvalue weighted by atomic mass is 35.5. The summed E-state index contributed by atoms with van der Waals surface area (Å²) < 4.78 is 0. The van der Waals surface area contributed by atoms with E-state index in [9.17, 15) is 0 Å². The third kappa shape index (κ3) is 3.25. The Hall–Kier alpha value is -1.68. The van der Waals surface area contributed by atoms with E-state index in [-0.39, 0.29) is 12.4 Å². The molecule has 2 aromatic carbocycles. The van der Waals surface area contributed by atoms with Gasteiger partial charge in [-0.3, -0.25) is 4.99 Å².